The number of likely N-dealkylation sites (tertiary alicyclic amines) is 1. The van der Waals surface area contributed by atoms with Gasteiger partial charge in [-0.3, -0.25) is 4.79 Å². The van der Waals surface area contributed by atoms with Crippen molar-refractivity contribution in [2.24, 2.45) is 5.92 Å². The SMILES string of the molecule is N#Cc1cc(C#N)c(SCC(=O)N2CCC[C@@H]3CCCC[C@H]32)nc1N. The van der Waals surface area contributed by atoms with Gasteiger partial charge >= 0.3 is 0 Å². The van der Waals surface area contributed by atoms with Crippen molar-refractivity contribution in [3.05, 3.63) is 17.2 Å². The predicted molar refractivity (Wildman–Crippen MR) is 95.5 cm³/mol. The summed E-state index contributed by atoms with van der Waals surface area (Å²) in [6.45, 7) is 0.828. The fourth-order valence-electron chi connectivity index (χ4n) is 3.94. The van der Waals surface area contributed by atoms with E-state index in [4.69, 9.17) is 11.0 Å². The number of aromatic nitrogens is 1. The minimum Gasteiger partial charge on any atom is -0.383 e. The van der Waals surface area contributed by atoms with E-state index in [1.807, 2.05) is 17.0 Å². The smallest absolute Gasteiger partial charge is 0.233 e. The molecule has 1 aliphatic heterocycles. The molecule has 1 aliphatic carbocycles. The molecule has 2 fully saturated rings. The monoisotopic (exact) mass is 355 g/mol. The number of fused-ring (bicyclic) bond motifs is 1. The summed E-state index contributed by atoms with van der Waals surface area (Å²) < 4.78 is 0. The molecular weight excluding hydrogens is 334 g/mol. The van der Waals surface area contributed by atoms with E-state index in [9.17, 15) is 10.1 Å². The maximum absolute atomic E-state index is 12.7. The van der Waals surface area contributed by atoms with Crippen LogP contribution in [0.3, 0.4) is 0 Å². The maximum atomic E-state index is 12.7. The molecule has 7 heteroatoms. The van der Waals surface area contributed by atoms with Gasteiger partial charge in [0.05, 0.1) is 16.9 Å². The number of hydrogen-bond donors (Lipinski definition) is 1. The molecule has 3 rings (SSSR count). The second kappa shape index (κ2) is 7.76. The molecule has 0 bridgehead atoms. The average molecular weight is 355 g/mol. The van der Waals surface area contributed by atoms with Gasteiger partial charge < -0.3 is 10.6 Å². The summed E-state index contributed by atoms with van der Waals surface area (Å²) >= 11 is 1.23. The molecule has 25 heavy (non-hydrogen) atoms. The van der Waals surface area contributed by atoms with E-state index >= 15 is 0 Å². The van der Waals surface area contributed by atoms with Crippen molar-refractivity contribution in [3.8, 4) is 12.1 Å². The summed E-state index contributed by atoms with van der Waals surface area (Å²) in [6.07, 6.45) is 7.11. The van der Waals surface area contributed by atoms with Crippen LogP contribution in [0.2, 0.25) is 0 Å². The Morgan fingerprint density at radius 2 is 1.96 bits per heavy atom. The molecule has 0 unspecified atom stereocenters. The number of carbonyl (C=O) groups is 1. The van der Waals surface area contributed by atoms with Crippen molar-refractivity contribution in [1.82, 2.24) is 9.88 Å². The van der Waals surface area contributed by atoms with Gasteiger partial charge in [-0.05, 0) is 37.7 Å². The first kappa shape index (κ1) is 17.6. The fourth-order valence-corrected chi connectivity index (χ4v) is 4.79. The Balaban J connectivity index is 1.69. The normalized spacial score (nSPS) is 22.6. The molecular formula is C18H21N5OS. The first-order valence-corrected chi connectivity index (χ1v) is 9.65. The van der Waals surface area contributed by atoms with Crippen LogP contribution in [0.4, 0.5) is 5.82 Å². The van der Waals surface area contributed by atoms with Crippen molar-refractivity contribution >= 4 is 23.5 Å². The van der Waals surface area contributed by atoms with E-state index in [1.165, 1.54) is 43.5 Å². The third-order valence-corrected chi connectivity index (χ3v) is 6.13. The van der Waals surface area contributed by atoms with Crippen molar-refractivity contribution in [2.75, 3.05) is 18.0 Å². The Kier molecular flexibility index (Phi) is 5.45. The van der Waals surface area contributed by atoms with Gasteiger partial charge in [-0.15, -0.1) is 0 Å². The Morgan fingerprint density at radius 3 is 2.72 bits per heavy atom. The summed E-state index contributed by atoms with van der Waals surface area (Å²) in [5, 5.41) is 18.7. The van der Waals surface area contributed by atoms with E-state index in [-0.39, 0.29) is 28.6 Å². The fraction of sp³-hybridized carbons (Fsp3) is 0.556. The first-order valence-electron chi connectivity index (χ1n) is 8.67. The van der Waals surface area contributed by atoms with Crippen LogP contribution in [0, 0.1) is 28.6 Å². The molecule has 2 atom stereocenters. The lowest BCUT2D eigenvalue weighted by Gasteiger charge is -2.44. The van der Waals surface area contributed by atoms with Gasteiger partial charge in [0.25, 0.3) is 0 Å². The van der Waals surface area contributed by atoms with Crippen LogP contribution in [0.15, 0.2) is 11.1 Å². The zero-order valence-corrected chi connectivity index (χ0v) is 14.9. The highest BCUT2D eigenvalue weighted by atomic mass is 32.2. The number of hydrogen-bond acceptors (Lipinski definition) is 6. The lowest BCUT2D eigenvalue weighted by atomic mass is 9.78. The molecule has 1 amide bonds. The van der Waals surface area contributed by atoms with Crippen LogP contribution in [0.1, 0.15) is 49.7 Å². The maximum Gasteiger partial charge on any atom is 0.233 e. The van der Waals surface area contributed by atoms with Gasteiger partial charge in [0.15, 0.2) is 0 Å². The molecule has 2 N–H and O–H groups in total. The van der Waals surface area contributed by atoms with Gasteiger partial charge in [-0.1, -0.05) is 24.6 Å². The third-order valence-electron chi connectivity index (χ3n) is 5.15. The van der Waals surface area contributed by atoms with E-state index in [1.54, 1.807) is 0 Å². The highest BCUT2D eigenvalue weighted by Crippen LogP contribution is 2.36. The number of piperidine rings is 1. The molecule has 2 heterocycles. The zero-order chi connectivity index (χ0) is 17.8. The number of anilines is 1. The van der Waals surface area contributed by atoms with Crippen molar-refractivity contribution < 1.29 is 4.79 Å². The molecule has 2 aliphatic rings. The molecule has 0 spiro atoms. The summed E-state index contributed by atoms with van der Waals surface area (Å²) in [5.74, 6) is 1.10. The number of pyridine rings is 1. The predicted octanol–water partition coefficient (Wildman–Crippen LogP) is 2.68. The first-order chi connectivity index (χ1) is 12.1. The number of rotatable bonds is 3. The molecule has 6 nitrogen and oxygen atoms in total. The number of thioether (sulfide) groups is 1. The van der Waals surface area contributed by atoms with Gasteiger partial charge in [0, 0.05) is 12.6 Å². The number of nitrogen functional groups attached to an aromatic ring is 1. The van der Waals surface area contributed by atoms with Crippen molar-refractivity contribution in [1.29, 1.82) is 10.5 Å². The van der Waals surface area contributed by atoms with Gasteiger partial charge in [-0.25, -0.2) is 4.98 Å². The van der Waals surface area contributed by atoms with E-state index in [0.29, 0.717) is 17.0 Å². The molecule has 0 aromatic carbocycles. The zero-order valence-electron chi connectivity index (χ0n) is 14.1. The minimum atomic E-state index is 0.0989. The highest BCUT2D eigenvalue weighted by molar-refractivity contribution is 8.00. The van der Waals surface area contributed by atoms with Crippen LogP contribution in [0.25, 0.3) is 0 Å². The summed E-state index contributed by atoms with van der Waals surface area (Å²) in [5.41, 5.74) is 6.22. The molecule has 1 aromatic heterocycles. The highest BCUT2D eigenvalue weighted by Gasteiger charge is 2.35. The number of amides is 1. The van der Waals surface area contributed by atoms with Crippen LogP contribution < -0.4 is 5.73 Å². The summed E-state index contributed by atoms with van der Waals surface area (Å²) in [7, 11) is 0. The average Bonchev–Trinajstić information content (AvgIpc) is 2.65. The number of nitriles is 2. The van der Waals surface area contributed by atoms with Crippen LogP contribution in [-0.2, 0) is 4.79 Å². The van der Waals surface area contributed by atoms with E-state index in [2.05, 4.69) is 4.98 Å². The number of nitrogens with two attached hydrogens (primary N) is 1. The minimum absolute atomic E-state index is 0.0989. The van der Waals surface area contributed by atoms with Crippen molar-refractivity contribution in [3.63, 3.8) is 0 Å². The Bertz CT molecular complexity index is 749. The Labute approximate surface area is 152 Å². The quantitative estimate of drug-likeness (QED) is 0.835. The van der Waals surface area contributed by atoms with Gasteiger partial charge in [0.1, 0.15) is 23.0 Å². The third kappa shape index (κ3) is 3.72. The molecule has 130 valence electrons. The Morgan fingerprint density at radius 1 is 1.24 bits per heavy atom. The van der Waals surface area contributed by atoms with E-state index < -0.39 is 0 Å². The topological polar surface area (TPSA) is 107 Å². The molecule has 1 saturated carbocycles. The second-order valence-electron chi connectivity index (χ2n) is 6.63. The number of carbonyl (C=O) groups excluding carboxylic acids is 1. The van der Waals surface area contributed by atoms with Gasteiger partial charge in [-0.2, -0.15) is 10.5 Å². The van der Waals surface area contributed by atoms with Gasteiger partial charge in [0.2, 0.25) is 5.91 Å². The van der Waals surface area contributed by atoms with Crippen LogP contribution in [-0.4, -0.2) is 34.1 Å². The van der Waals surface area contributed by atoms with Crippen LogP contribution >= 0.6 is 11.8 Å². The van der Waals surface area contributed by atoms with E-state index in [0.717, 1.165) is 19.4 Å². The van der Waals surface area contributed by atoms with Crippen molar-refractivity contribution in [2.45, 2.75) is 49.6 Å². The molecule has 1 saturated heterocycles. The molecule has 0 radical (unpaired) electrons. The lowest BCUT2D eigenvalue weighted by Crippen LogP contribution is -2.50. The standard InChI is InChI=1S/C18H21N5OS/c19-9-13-8-14(10-20)18(22-17(13)21)25-11-16(24)23-7-3-5-12-4-1-2-6-15(12)23/h8,12,15H,1-7,11H2,(H2,21,22)/t12-,15+/m0/s1. The second-order valence-corrected chi connectivity index (χ2v) is 7.59. The number of nitrogens with zero attached hydrogens (tertiary/aromatic N) is 4. The van der Waals surface area contributed by atoms with Crippen LogP contribution in [0.5, 0.6) is 0 Å². The lowest BCUT2D eigenvalue weighted by molar-refractivity contribution is -0.134. The summed E-state index contributed by atoms with van der Waals surface area (Å²) in [4.78, 5) is 18.9. The Hall–Kier alpha value is -2.25. The molecule has 1 aromatic rings. The summed E-state index contributed by atoms with van der Waals surface area (Å²) in [6, 6.07) is 5.77. The largest absolute Gasteiger partial charge is 0.383 e.